The fraction of sp³-hybridized carbons (Fsp3) is 0.889. The summed E-state index contributed by atoms with van der Waals surface area (Å²) in [6.07, 6.45) is 1.92. The van der Waals surface area contributed by atoms with Gasteiger partial charge >= 0.3 is 0 Å². The molecule has 0 radical (unpaired) electrons. The van der Waals surface area contributed by atoms with Crippen molar-refractivity contribution >= 4 is 5.91 Å². The number of hydrogen-bond donors (Lipinski definition) is 2. The number of aliphatic hydroxyl groups excluding tert-OH is 1. The molecule has 0 aromatic rings. The molecule has 1 aliphatic heterocycles. The Morgan fingerprint density at radius 1 is 1.42 bits per heavy atom. The molecule has 1 rings (SSSR count). The van der Waals surface area contributed by atoms with E-state index < -0.39 is 5.54 Å². The van der Waals surface area contributed by atoms with Crippen LogP contribution in [0.3, 0.4) is 0 Å². The highest BCUT2D eigenvalue weighted by Crippen LogP contribution is 2.18. The number of carbonyl (C=O) groups excluding carboxylic acids is 1. The van der Waals surface area contributed by atoms with E-state index in [4.69, 9.17) is 0 Å². The lowest BCUT2D eigenvalue weighted by Gasteiger charge is -2.34. The molecule has 24 heavy (non-hydrogen) atoms. The molecule has 1 heterocycles. The average molecular weight is 338 g/mol. The normalized spacial score (nSPS) is 20.6. The quantitative estimate of drug-likeness (QED) is 0.692. The number of rotatable bonds is 8. The first kappa shape index (κ1) is 20.9. The Balaban J connectivity index is 2.35. The van der Waals surface area contributed by atoms with E-state index >= 15 is 0 Å². The third kappa shape index (κ3) is 6.76. The zero-order valence-corrected chi connectivity index (χ0v) is 15.9. The van der Waals surface area contributed by atoms with Gasteiger partial charge in [0.25, 0.3) is 0 Å². The van der Waals surface area contributed by atoms with Gasteiger partial charge in [-0.25, -0.2) is 0 Å². The maximum absolute atomic E-state index is 12.2. The molecule has 1 aliphatic rings. The molecule has 138 valence electrons. The molecule has 1 amide bonds. The van der Waals surface area contributed by atoms with Gasteiger partial charge in [0, 0.05) is 13.1 Å². The van der Waals surface area contributed by atoms with Crippen molar-refractivity contribution in [1.82, 2.24) is 15.1 Å². The molecule has 2 N–H and O–H groups in total. The highest BCUT2D eigenvalue weighted by atomic mass is 16.3. The number of likely N-dealkylation sites (tertiary alicyclic amines) is 1. The van der Waals surface area contributed by atoms with Crippen LogP contribution >= 0.6 is 0 Å². The number of carbonyl (C=O) groups is 1. The van der Waals surface area contributed by atoms with E-state index in [1.54, 1.807) is 6.92 Å². The summed E-state index contributed by atoms with van der Waals surface area (Å²) < 4.78 is 0. The molecule has 0 bridgehead atoms. The number of β-amino-alcohol motifs (C(OH)–C–C–N with tert-alkyl or cyclic N) is 1. The summed E-state index contributed by atoms with van der Waals surface area (Å²) in [6, 6.07) is 2.21. The minimum absolute atomic E-state index is 0.0648. The number of nitrogens with one attached hydrogen (secondary N) is 1. The summed E-state index contributed by atoms with van der Waals surface area (Å²) in [5, 5.41) is 21.6. The van der Waals surface area contributed by atoms with E-state index in [0.29, 0.717) is 12.5 Å². The fourth-order valence-corrected chi connectivity index (χ4v) is 3.11. The predicted octanol–water partition coefficient (Wildman–Crippen LogP) is 1.07. The van der Waals surface area contributed by atoms with Crippen LogP contribution in [0.1, 0.15) is 40.5 Å². The zero-order valence-electron chi connectivity index (χ0n) is 15.9. The monoisotopic (exact) mass is 338 g/mol. The number of piperidine rings is 1. The van der Waals surface area contributed by atoms with Gasteiger partial charge in [-0.3, -0.25) is 9.69 Å². The molecule has 0 unspecified atom stereocenters. The van der Waals surface area contributed by atoms with Crippen LogP contribution in [-0.4, -0.2) is 72.2 Å². The second-order valence-corrected chi connectivity index (χ2v) is 7.81. The first-order chi connectivity index (χ1) is 11.2. The third-order valence-corrected chi connectivity index (χ3v) is 5.00. The van der Waals surface area contributed by atoms with Crippen molar-refractivity contribution in [3.63, 3.8) is 0 Å². The Morgan fingerprint density at radius 3 is 2.46 bits per heavy atom. The first-order valence-electron chi connectivity index (χ1n) is 8.97. The SMILES string of the molecule is CC(C)[C@@](C)(C#N)NC(=O)CN(C)CC1CCN(C[C@H](C)O)CC1. The minimum Gasteiger partial charge on any atom is -0.392 e. The smallest absolute Gasteiger partial charge is 0.235 e. The van der Waals surface area contributed by atoms with E-state index in [1.165, 1.54) is 0 Å². The van der Waals surface area contributed by atoms with Crippen molar-refractivity contribution in [3.05, 3.63) is 0 Å². The van der Waals surface area contributed by atoms with E-state index in [2.05, 4.69) is 16.3 Å². The van der Waals surface area contributed by atoms with Crippen LogP contribution in [0, 0.1) is 23.2 Å². The van der Waals surface area contributed by atoms with Crippen molar-refractivity contribution in [2.45, 2.75) is 52.2 Å². The number of amides is 1. The van der Waals surface area contributed by atoms with Gasteiger partial charge in [0.2, 0.25) is 5.91 Å². The van der Waals surface area contributed by atoms with Crippen LogP contribution in [-0.2, 0) is 4.79 Å². The summed E-state index contributed by atoms with van der Waals surface area (Å²) in [4.78, 5) is 16.6. The molecule has 0 spiro atoms. The third-order valence-electron chi connectivity index (χ3n) is 5.00. The topological polar surface area (TPSA) is 79.6 Å². The molecular weight excluding hydrogens is 304 g/mol. The van der Waals surface area contributed by atoms with Gasteiger partial charge < -0.3 is 15.3 Å². The van der Waals surface area contributed by atoms with Crippen molar-refractivity contribution in [2.75, 3.05) is 39.8 Å². The lowest BCUT2D eigenvalue weighted by molar-refractivity contribution is -0.123. The van der Waals surface area contributed by atoms with Crippen molar-refractivity contribution in [1.29, 1.82) is 5.26 Å². The highest BCUT2D eigenvalue weighted by Gasteiger charge is 2.30. The molecule has 6 nitrogen and oxygen atoms in total. The van der Waals surface area contributed by atoms with Gasteiger partial charge in [-0.2, -0.15) is 5.26 Å². The Kier molecular flexibility index (Phi) is 8.14. The lowest BCUT2D eigenvalue weighted by atomic mass is 9.90. The van der Waals surface area contributed by atoms with Crippen LogP contribution in [0.5, 0.6) is 0 Å². The maximum Gasteiger partial charge on any atom is 0.235 e. The Hall–Kier alpha value is -1.16. The lowest BCUT2D eigenvalue weighted by Crippen LogP contribution is -2.52. The van der Waals surface area contributed by atoms with Crippen LogP contribution < -0.4 is 5.32 Å². The van der Waals surface area contributed by atoms with Gasteiger partial charge in [0.15, 0.2) is 0 Å². The Morgan fingerprint density at radius 2 is 2.00 bits per heavy atom. The Labute approximate surface area is 146 Å². The van der Waals surface area contributed by atoms with Crippen molar-refractivity contribution in [3.8, 4) is 6.07 Å². The number of nitriles is 1. The molecule has 0 aromatic carbocycles. The van der Waals surface area contributed by atoms with E-state index in [-0.39, 0.29) is 17.9 Å². The van der Waals surface area contributed by atoms with Crippen LogP contribution in [0.2, 0.25) is 0 Å². The van der Waals surface area contributed by atoms with Crippen LogP contribution in [0.4, 0.5) is 0 Å². The van der Waals surface area contributed by atoms with Gasteiger partial charge in [-0.05, 0) is 58.7 Å². The first-order valence-corrected chi connectivity index (χ1v) is 8.97. The molecule has 1 saturated heterocycles. The zero-order chi connectivity index (χ0) is 18.3. The molecule has 0 aliphatic carbocycles. The standard InChI is InChI=1S/C18H34N4O2/c1-14(2)18(4,13-19)20-17(24)12-21(5)11-16-6-8-22(9-7-16)10-15(3)23/h14-16,23H,6-12H2,1-5H3,(H,20,24)/t15-,18+/m0/s1. The van der Waals surface area contributed by atoms with Gasteiger partial charge in [-0.1, -0.05) is 13.8 Å². The highest BCUT2D eigenvalue weighted by molar-refractivity contribution is 5.79. The number of aliphatic hydroxyl groups is 1. The van der Waals surface area contributed by atoms with Gasteiger partial charge in [0.05, 0.1) is 18.7 Å². The number of hydrogen-bond acceptors (Lipinski definition) is 5. The summed E-state index contributed by atoms with van der Waals surface area (Å²) >= 11 is 0. The Bertz CT molecular complexity index is 439. The molecule has 2 atom stereocenters. The largest absolute Gasteiger partial charge is 0.392 e. The summed E-state index contributed by atoms with van der Waals surface area (Å²) in [5.74, 6) is 0.553. The fourth-order valence-electron chi connectivity index (χ4n) is 3.11. The van der Waals surface area contributed by atoms with Crippen LogP contribution in [0.25, 0.3) is 0 Å². The maximum atomic E-state index is 12.2. The predicted molar refractivity (Wildman–Crippen MR) is 95.3 cm³/mol. The number of nitrogens with zero attached hydrogens (tertiary/aromatic N) is 3. The second-order valence-electron chi connectivity index (χ2n) is 7.81. The second kappa shape index (κ2) is 9.36. The summed E-state index contributed by atoms with van der Waals surface area (Å²) in [7, 11) is 1.96. The van der Waals surface area contributed by atoms with Crippen LogP contribution in [0.15, 0.2) is 0 Å². The number of likely N-dealkylation sites (N-methyl/N-ethyl adjacent to an activating group) is 1. The molecule has 0 saturated carbocycles. The van der Waals surface area contributed by atoms with Crippen molar-refractivity contribution in [2.24, 2.45) is 11.8 Å². The van der Waals surface area contributed by atoms with E-state index in [1.807, 2.05) is 32.7 Å². The average Bonchev–Trinajstić information content (AvgIpc) is 2.48. The van der Waals surface area contributed by atoms with Crippen molar-refractivity contribution < 1.29 is 9.90 Å². The van der Waals surface area contributed by atoms with Gasteiger partial charge in [-0.15, -0.1) is 0 Å². The summed E-state index contributed by atoms with van der Waals surface area (Å²) in [5.41, 5.74) is -0.815. The molecule has 6 heteroatoms. The van der Waals surface area contributed by atoms with E-state index in [9.17, 15) is 15.2 Å². The summed E-state index contributed by atoms with van der Waals surface area (Å²) in [6.45, 7) is 11.4. The minimum atomic E-state index is -0.815. The van der Waals surface area contributed by atoms with E-state index in [0.717, 1.165) is 39.0 Å². The molecular formula is C18H34N4O2. The molecule has 0 aromatic heterocycles. The van der Waals surface area contributed by atoms with Gasteiger partial charge in [0.1, 0.15) is 5.54 Å². The molecule has 1 fully saturated rings.